The molecule has 0 bridgehead atoms. The normalized spacial score (nSPS) is 11.4. The average molecular weight is 373 g/mol. The average Bonchev–Trinajstić information content (AvgIpc) is 2.34. The van der Waals surface area contributed by atoms with Gasteiger partial charge in [-0.25, -0.2) is 12.8 Å². The number of sulfonamides is 1. The van der Waals surface area contributed by atoms with Gasteiger partial charge in [-0.1, -0.05) is 15.9 Å². The van der Waals surface area contributed by atoms with Gasteiger partial charge in [0.2, 0.25) is 0 Å². The van der Waals surface area contributed by atoms with Crippen molar-refractivity contribution in [2.75, 3.05) is 10.5 Å². The smallest absolute Gasteiger partial charge is 0.262 e. The van der Waals surface area contributed by atoms with Crippen LogP contribution in [0, 0.1) is 19.7 Å². The van der Waals surface area contributed by atoms with Crippen LogP contribution in [0.5, 0.6) is 0 Å². The second-order valence-corrected chi connectivity index (χ2v) is 7.23. The summed E-state index contributed by atoms with van der Waals surface area (Å²) in [5.74, 6) is -0.696. The molecule has 0 radical (unpaired) electrons. The number of nitrogens with one attached hydrogen (secondary N) is 1. The number of nitrogens with two attached hydrogens (primary N) is 1. The molecule has 0 unspecified atom stereocenters. The van der Waals surface area contributed by atoms with Gasteiger partial charge in [-0.3, -0.25) is 4.72 Å². The molecule has 0 aliphatic rings. The van der Waals surface area contributed by atoms with Crippen molar-refractivity contribution in [1.29, 1.82) is 0 Å². The third-order valence-electron chi connectivity index (χ3n) is 2.89. The van der Waals surface area contributed by atoms with Gasteiger partial charge in [-0.15, -0.1) is 0 Å². The molecule has 0 aromatic heterocycles. The van der Waals surface area contributed by atoms with Crippen LogP contribution in [0.15, 0.2) is 39.7 Å². The number of rotatable bonds is 3. The molecule has 0 spiro atoms. The number of anilines is 2. The van der Waals surface area contributed by atoms with E-state index >= 15 is 0 Å². The van der Waals surface area contributed by atoms with Gasteiger partial charge in [0.05, 0.1) is 4.90 Å². The van der Waals surface area contributed by atoms with Crippen molar-refractivity contribution in [3.8, 4) is 0 Å². The van der Waals surface area contributed by atoms with E-state index < -0.39 is 15.8 Å². The summed E-state index contributed by atoms with van der Waals surface area (Å²) in [6, 6.07) is 6.59. The zero-order valence-electron chi connectivity index (χ0n) is 11.4. The summed E-state index contributed by atoms with van der Waals surface area (Å²) < 4.78 is 41.2. The lowest BCUT2D eigenvalue weighted by molar-refractivity contribution is 0.595. The van der Waals surface area contributed by atoms with Crippen LogP contribution in [-0.4, -0.2) is 8.42 Å². The molecular formula is C14H14BrFN2O2S. The van der Waals surface area contributed by atoms with Gasteiger partial charge in [0.15, 0.2) is 0 Å². The van der Waals surface area contributed by atoms with Crippen LogP contribution < -0.4 is 10.5 Å². The third-order valence-corrected chi connectivity index (χ3v) is 5.50. The van der Waals surface area contributed by atoms with Crippen LogP contribution in [0.25, 0.3) is 0 Å². The summed E-state index contributed by atoms with van der Waals surface area (Å²) >= 11 is 3.41. The minimum atomic E-state index is -3.89. The van der Waals surface area contributed by atoms with Crippen molar-refractivity contribution < 1.29 is 12.8 Å². The molecule has 0 aliphatic carbocycles. The molecule has 0 saturated heterocycles. The molecule has 21 heavy (non-hydrogen) atoms. The fourth-order valence-corrected chi connectivity index (χ4v) is 3.29. The fraction of sp³-hybridized carbons (Fsp3) is 0.143. The topological polar surface area (TPSA) is 72.2 Å². The van der Waals surface area contributed by atoms with Crippen LogP contribution in [0.1, 0.15) is 11.1 Å². The van der Waals surface area contributed by atoms with E-state index in [2.05, 4.69) is 20.7 Å². The summed E-state index contributed by atoms with van der Waals surface area (Å²) in [5, 5.41) is 0. The summed E-state index contributed by atoms with van der Waals surface area (Å²) in [7, 11) is -3.89. The quantitative estimate of drug-likeness (QED) is 0.808. The zero-order valence-corrected chi connectivity index (χ0v) is 13.8. The van der Waals surface area contributed by atoms with Crippen molar-refractivity contribution in [1.82, 2.24) is 0 Å². The van der Waals surface area contributed by atoms with Gasteiger partial charge in [-0.05, 0) is 55.3 Å². The molecule has 112 valence electrons. The molecule has 0 fully saturated rings. The Hall–Kier alpha value is -1.60. The standard InChI is InChI=1S/C14H14BrFN2O2S/c1-8-3-12(4-9(2)14(8)15)18-21(19,20)13-6-10(16)5-11(17)7-13/h3-7,18H,17H2,1-2H3. The first-order valence-corrected chi connectivity index (χ1v) is 8.32. The van der Waals surface area contributed by atoms with Gasteiger partial charge < -0.3 is 5.73 Å². The van der Waals surface area contributed by atoms with Gasteiger partial charge >= 0.3 is 0 Å². The van der Waals surface area contributed by atoms with Crippen LogP contribution in [0.3, 0.4) is 0 Å². The summed E-state index contributed by atoms with van der Waals surface area (Å²) in [6.07, 6.45) is 0. The molecule has 0 aliphatic heterocycles. The number of hydrogen-bond donors (Lipinski definition) is 2. The van der Waals surface area contributed by atoms with E-state index in [1.165, 1.54) is 6.07 Å². The van der Waals surface area contributed by atoms with Crippen molar-refractivity contribution >= 4 is 37.3 Å². The van der Waals surface area contributed by atoms with E-state index in [1.807, 2.05) is 13.8 Å². The minimum Gasteiger partial charge on any atom is -0.399 e. The lowest BCUT2D eigenvalue weighted by Crippen LogP contribution is -2.14. The van der Waals surface area contributed by atoms with Crippen molar-refractivity contribution in [3.05, 3.63) is 51.7 Å². The largest absolute Gasteiger partial charge is 0.399 e. The minimum absolute atomic E-state index is 0.0542. The second-order valence-electron chi connectivity index (χ2n) is 4.75. The maximum atomic E-state index is 13.3. The van der Waals surface area contributed by atoms with Crippen LogP contribution in [0.4, 0.5) is 15.8 Å². The maximum absolute atomic E-state index is 13.3. The van der Waals surface area contributed by atoms with E-state index in [0.29, 0.717) is 5.69 Å². The van der Waals surface area contributed by atoms with Crippen LogP contribution in [-0.2, 0) is 10.0 Å². The predicted octanol–water partition coefficient (Wildman–Crippen LogP) is 3.59. The Morgan fingerprint density at radius 2 is 1.67 bits per heavy atom. The first-order valence-electron chi connectivity index (χ1n) is 6.04. The fourth-order valence-electron chi connectivity index (χ4n) is 1.96. The number of benzene rings is 2. The lowest BCUT2D eigenvalue weighted by atomic mass is 10.1. The van der Waals surface area contributed by atoms with Gasteiger partial charge in [-0.2, -0.15) is 0 Å². The molecule has 3 N–H and O–H groups in total. The lowest BCUT2D eigenvalue weighted by Gasteiger charge is -2.12. The van der Waals surface area contributed by atoms with E-state index in [-0.39, 0.29) is 10.6 Å². The molecule has 2 rings (SSSR count). The molecule has 2 aromatic carbocycles. The highest BCUT2D eigenvalue weighted by Crippen LogP contribution is 2.27. The third kappa shape index (κ3) is 3.54. The van der Waals surface area contributed by atoms with Crippen molar-refractivity contribution in [2.24, 2.45) is 0 Å². The van der Waals surface area contributed by atoms with Gasteiger partial charge in [0.1, 0.15) is 5.82 Å². The SMILES string of the molecule is Cc1cc(NS(=O)(=O)c2cc(N)cc(F)c2)cc(C)c1Br. The molecule has 0 saturated carbocycles. The van der Waals surface area contributed by atoms with E-state index in [4.69, 9.17) is 5.73 Å². The Labute approximate surface area is 131 Å². The number of nitrogen functional groups attached to an aromatic ring is 1. The highest BCUT2D eigenvalue weighted by molar-refractivity contribution is 9.10. The van der Waals surface area contributed by atoms with Crippen LogP contribution >= 0.6 is 15.9 Å². The molecule has 0 heterocycles. The predicted molar refractivity (Wildman–Crippen MR) is 85.2 cm³/mol. The van der Waals surface area contributed by atoms with Crippen LogP contribution in [0.2, 0.25) is 0 Å². The number of halogens is 2. The first-order chi connectivity index (χ1) is 9.69. The summed E-state index contributed by atoms with van der Waals surface area (Å²) in [4.78, 5) is -0.210. The Morgan fingerprint density at radius 1 is 1.10 bits per heavy atom. The second kappa shape index (κ2) is 5.65. The molecule has 0 amide bonds. The van der Waals surface area contributed by atoms with E-state index in [9.17, 15) is 12.8 Å². The van der Waals surface area contributed by atoms with Crippen molar-refractivity contribution in [3.63, 3.8) is 0 Å². The highest BCUT2D eigenvalue weighted by atomic mass is 79.9. The maximum Gasteiger partial charge on any atom is 0.262 e. The Morgan fingerprint density at radius 3 is 2.19 bits per heavy atom. The summed E-state index contributed by atoms with van der Waals surface area (Å²) in [6.45, 7) is 3.71. The number of aryl methyl sites for hydroxylation is 2. The molecular weight excluding hydrogens is 359 g/mol. The summed E-state index contributed by atoms with van der Waals surface area (Å²) in [5.41, 5.74) is 7.74. The molecule has 4 nitrogen and oxygen atoms in total. The highest BCUT2D eigenvalue weighted by Gasteiger charge is 2.17. The van der Waals surface area contributed by atoms with Gasteiger partial charge in [0.25, 0.3) is 10.0 Å². The molecule has 2 aromatic rings. The first kappa shape index (κ1) is 15.8. The van der Waals surface area contributed by atoms with Crippen molar-refractivity contribution in [2.45, 2.75) is 18.7 Å². The van der Waals surface area contributed by atoms with E-state index in [1.54, 1.807) is 12.1 Å². The Balaban J connectivity index is 2.42. The Bertz CT molecular complexity index is 763. The van der Waals surface area contributed by atoms with E-state index in [0.717, 1.165) is 27.7 Å². The van der Waals surface area contributed by atoms with Gasteiger partial charge in [0, 0.05) is 15.8 Å². The monoisotopic (exact) mass is 372 g/mol. The zero-order chi connectivity index (χ0) is 15.8. The molecule has 7 heteroatoms. The number of hydrogen-bond acceptors (Lipinski definition) is 3. The molecule has 0 atom stereocenters. The Kier molecular flexibility index (Phi) is 4.25.